The van der Waals surface area contributed by atoms with Crippen molar-refractivity contribution in [1.82, 2.24) is 5.32 Å². The third-order valence-corrected chi connectivity index (χ3v) is 1.83. The molecule has 0 unspecified atom stereocenters. The van der Waals surface area contributed by atoms with Crippen LogP contribution in [0.1, 0.15) is 6.92 Å². The maximum Gasteiger partial charge on any atom is 0.239 e. The number of anilines is 2. The molecule has 5 heteroatoms. The highest BCUT2D eigenvalue weighted by atomic mass is 19.1. The second kappa shape index (κ2) is 5.19. The molecule has 4 nitrogen and oxygen atoms in total. The van der Waals surface area contributed by atoms with Gasteiger partial charge in [0.05, 0.1) is 17.9 Å². The number of amides is 1. The number of nitrogens with two attached hydrogens (primary N) is 1. The van der Waals surface area contributed by atoms with E-state index in [1.165, 1.54) is 18.2 Å². The van der Waals surface area contributed by atoms with Crippen molar-refractivity contribution in [1.29, 1.82) is 0 Å². The van der Waals surface area contributed by atoms with Crippen LogP contribution >= 0.6 is 0 Å². The lowest BCUT2D eigenvalue weighted by Crippen LogP contribution is -2.29. The van der Waals surface area contributed by atoms with Gasteiger partial charge in [-0.05, 0) is 25.1 Å². The predicted molar refractivity (Wildman–Crippen MR) is 58.0 cm³/mol. The van der Waals surface area contributed by atoms with Crippen LogP contribution in [-0.4, -0.2) is 19.0 Å². The molecule has 0 atom stereocenters. The Kier molecular flexibility index (Phi) is 3.91. The van der Waals surface area contributed by atoms with Gasteiger partial charge in [-0.3, -0.25) is 4.79 Å². The van der Waals surface area contributed by atoms with Crippen LogP contribution in [-0.2, 0) is 4.79 Å². The molecule has 1 rings (SSSR count). The average molecular weight is 211 g/mol. The fourth-order valence-electron chi connectivity index (χ4n) is 1.12. The minimum Gasteiger partial charge on any atom is -0.397 e. The Morgan fingerprint density at radius 3 is 2.93 bits per heavy atom. The Labute approximate surface area is 87.7 Å². The van der Waals surface area contributed by atoms with Gasteiger partial charge in [0.1, 0.15) is 5.82 Å². The molecule has 0 bridgehead atoms. The van der Waals surface area contributed by atoms with Gasteiger partial charge in [0.15, 0.2) is 0 Å². The fraction of sp³-hybridized carbons (Fsp3) is 0.300. The van der Waals surface area contributed by atoms with Crippen LogP contribution in [0.25, 0.3) is 0 Å². The number of rotatable bonds is 4. The van der Waals surface area contributed by atoms with Crippen molar-refractivity contribution in [2.45, 2.75) is 6.92 Å². The van der Waals surface area contributed by atoms with E-state index in [9.17, 15) is 9.18 Å². The molecule has 0 heterocycles. The SMILES string of the molecule is CCNC(=O)CNc1cc(F)ccc1N. The number of nitrogen functional groups attached to an aromatic ring is 1. The number of hydrogen-bond acceptors (Lipinski definition) is 3. The first-order valence-electron chi connectivity index (χ1n) is 4.69. The van der Waals surface area contributed by atoms with Crippen LogP contribution in [0.4, 0.5) is 15.8 Å². The summed E-state index contributed by atoms with van der Waals surface area (Å²) in [7, 11) is 0. The first-order chi connectivity index (χ1) is 7.13. The van der Waals surface area contributed by atoms with Gasteiger partial charge in [0.25, 0.3) is 0 Å². The highest BCUT2D eigenvalue weighted by molar-refractivity contribution is 5.82. The predicted octanol–water partition coefficient (Wildman–Crippen LogP) is 0.956. The van der Waals surface area contributed by atoms with Crippen molar-refractivity contribution in [2.75, 3.05) is 24.1 Å². The van der Waals surface area contributed by atoms with Gasteiger partial charge >= 0.3 is 0 Å². The summed E-state index contributed by atoms with van der Waals surface area (Å²) in [4.78, 5) is 11.1. The smallest absolute Gasteiger partial charge is 0.239 e. The van der Waals surface area contributed by atoms with Crippen molar-refractivity contribution in [3.8, 4) is 0 Å². The van der Waals surface area contributed by atoms with E-state index >= 15 is 0 Å². The van der Waals surface area contributed by atoms with Crippen LogP contribution in [0.2, 0.25) is 0 Å². The Morgan fingerprint density at radius 2 is 2.27 bits per heavy atom. The van der Waals surface area contributed by atoms with E-state index in [0.29, 0.717) is 17.9 Å². The van der Waals surface area contributed by atoms with E-state index in [4.69, 9.17) is 5.73 Å². The van der Waals surface area contributed by atoms with Crippen LogP contribution in [0, 0.1) is 5.82 Å². The highest BCUT2D eigenvalue weighted by Crippen LogP contribution is 2.18. The van der Waals surface area contributed by atoms with Gasteiger partial charge in [0.2, 0.25) is 5.91 Å². The molecule has 1 aromatic rings. The molecule has 0 aromatic heterocycles. The molecule has 1 amide bonds. The molecule has 0 radical (unpaired) electrons. The summed E-state index contributed by atoms with van der Waals surface area (Å²) in [5.74, 6) is -0.538. The molecule has 15 heavy (non-hydrogen) atoms. The van der Waals surface area contributed by atoms with Crippen LogP contribution in [0.3, 0.4) is 0 Å². The maximum atomic E-state index is 12.8. The standard InChI is InChI=1S/C10H14FN3O/c1-2-13-10(15)6-14-9-5-7(11)3-4-8(9)12/h3-5,14H,2,6,12H2,1H3,(H,13,15). The van der Waals surface area contributed by atoms with E-state index in [-0.39, 0.29) is 18.3 Å². The van der Waals surface area contributed by atoms with Crippen molar-refractivity contribution >= 4 is 17.3 Å². The lowest BCUT2D eigenvalue weighted by Gasteiger charge is -2.08. The summed E-state index contributed by atoms with van der Waals surface area (Å²) < 4.78 is 12.8. The van der Waals surface area contributed by atoms with Crippen LogP contribution in [0.5, 0.6) is 0 Å². The monoisotopic (exact) mass is 211 g/mol. The zero-order valence-corrected chi connectivity index (χ0v) is 8.51. The minimum absolute atomic E-state index is 0.0848. The second-order valence-electron chi connectivity index (χ2n) is 3.04. The van der Waals surface area contributed by atoms with Gasteiger partial charge in [-0.15, -0.1) is 0 Å². The molecule has 82 valence electrons. The molecule has 0 aliphatic heterocycles. The van der Waals surface area contributed by atoms with E-state index < -0.39 is 0 Å². The lowest BCUT2D eigenvalue weighted by atomic mass is 10.2. The topological polar surface area (TPSA) is 67.2 Å². The summed E-state index contributed by atoms with van der Waals surface area (Å²) in [6, 6.07) is 3.98. The Hall–Kier alpha value is -1.78. The quantitative estimate of drug-likeness (QED) is 0.650. The Morgan fingerprint density at radius 1 is 1.53 bits per heavy atom. The first kappa shape index (κ1) is 11.3. The summed E-state index contributed by atoms with van der Waals surface area (Å²) in [5, 5.41) is 5.38. The van der Waals surface area contributed by atoms with E-state index in [1.54, 1.807) is 0 Å². The van der Waals surface area contributed by atoms with E-state index in [1.807, 2.05) is 6.92 Å². The number of likely N-dealkylation sites (N-methyl/N-ethyl adjacent to an activating group) is 1. The molecular weight excluding hydrogens is 197 g/mol. The summed E-state index contributed by atoms with van der Waals surface area (Å²) in [5.41, 5.74) is 6.44. The Bertz CT molecular complexity index is 355. The maximum absolute atomic E-state index is 12.8. The molecule has 0 saturated heterocycles. The number of carbonyl (C=O) groups excluding carboxylic acids is 1. The lowest BCUT2D eigenvalue weighted by molar-refractivity contribution is -0.119. The number of nitrogens with one attached hydrogen (secondary N) is 2. The molecule has 0 saturated carbocycles. The molecule has 4 N–H and O–H groups in total. The van der Waals surface area contributed by atoms with E-state index in [2.05, 4.69) is 10.6 Å². The average Bonchev–Trinajstić information content (AvgIpc) is 2.20. The first-order valence-corrected chi connectivity index (χ1v) is 4.69. The van der Waals surface area contributed by atoms with Gasteiger partial charge in [-0.1, -0.05) is 0 Å². The van der Waals surface area contributed by atoms with Gasteiger partial charge in [0, 0.05) is 6.54 Å². The van der Waals surface area contributed by atoms with Crippen LogP contribution < -0.4 is 16.4 Å². The molecular formula is C10H14FN3O. The Balaban J connectivity index is 2.57. The third kappa shape index (κ3) is 3.46. The molecule has 0 aliphatic carbocycles. The van der Waals surface area contributed by atoms with Crippen molar-refractivity contribution in [3.05, 3.63) is 24.0 Å². The van der Waals surface area contributed by atoms with Crippen LogP contribution in [0.15, 0.2) is 18.2 Å². The summed E-state index contributed by atoms with van der Waals surface area (Å²) >= 11 is 0. The van der Waals surface area contributed by atoms with Crippen molar-refractivity contribution in [2.24, 2.45) is 0 Å². The minimum atomic E-state index is -0.386. The molecule has 0 spiro atoms. The highest BCUT2D eigenvalue weighted by Gasteiger charge is 2.03. The van der Waals surface area contributed by atoms with Gasteiger partial charge in [-0.25, -0.2) is 4.39 Å². The number of benzene rings is 1. The van der Waals surface area contributed by atoms with E-state index in [0.717, 1.165) is 0 Å². The molecule has 1 aromatic carbocycles. The third-order valence-electron chi connectivity index (χ3n) is 1.83. The normalized spacial score (nSPS) is 9.73. The second-order valence-corrected chi connectivity index (χ2v) is 3.04. The molecule has 0 fully saturated rings. The zero-order chi connectivity index (χ0) is 11.3. The number of hydrogen-bond donors (Lipinski definition) is 3. The fourth-order valence-corrected chi connectivity index (χ4v) is 1.12. The summed E-state index contributed by atoms with van der Waals surface area (Å²) in [6.07, 6.45) is 0. The number of halogens is 1. The largest absolute Gasteiger partial charge is 0.397 e. The number of carbonyl (C=O) groups is 1. The summed E-state index contributed by atoms with van der Waals surface area (Å²) in [6.45, 7) is 2.48. The van der Waals surface area contributed by atoms with Gasteiger partial charge < -0.3 is 16.4 Å². The zero-order valence-electron chi connectivity index (χ0n) is 8.51. The molecule has 0 aliphatic rings. The van der Waals surface area contributed by atoms with Crippen molar-refractivity contribution < 1.29 is 9.18 Å². The van der Waals surface area contributed by atoms with Gasteiger partial charge in [-0.2, -0.15) is 0 Å². The van der Waals surface area contributed by atoms with Crippen molar-refractivity contribution in [3.63, 3.8) is 0 Å².